The molecule has 1 rings (SSSR count). The van der Waals surface area contributed by atoms with Gasteiger partial charge in [0.05, 0.1) is 6.54 Å². The van der Waals surface area contributed by atoms with Gasteiger partial charge in [0.25, 0.3) is 0 Å². The molecule has 1 aliphatic carbocycles. The van der Waals surface area contributed by atoms with Gasteiger partial charge in [-0.25, -0.2) is 4.79 Å². The van der Waals surface area contributed by atoms with Crippen molar-refractivity contribution in [2.24, 2.45) is 11.7 Å². The number of hydrogen-bond acceptors (Lipinski definition) is 2. The summed E-state index contributed by atoms with van der Waals surface area (Å²) in [5.74, 6) is 0.365. The predicted octanol–water partition coefficient (Wildman–Crippen LogP) is 0.350. The van der Waals surface area contributed by atoms with Crippen LogP contribution in [-0.4, -0.2) is 24.5 Å². The van der Waals surface area contributed by atoms with Gasteiger partial charge in [-0.2, -0.15) is 0 Å². The number of carbonyl (C=O) groups excluding carboxylic acids is 2. The molecule has 2 atom stereocenters. The molecule has 0 saturated heterocycles. The molecule has 4 N–H and O–H groups in total. The number of nitrogens with one attached hydrogen (secondary N) is 2. The van der Waals surface area contributed by atoms with Gasteiger partial charge in [0.15, 0.2) is 0 Å². The second kappa shape index (κ2) is 5.58. The summed E-state index contributed by atoms with van der Waals surface area (Å²) in [5, 5.41) is 5.19. The molecule has 15 heavy (non-hydrogen) atoms. The van der Waals surface area contributed by atoms with E-state index in [2.05, 4.69) is 17.6 Å². The minimum Gasteiger partial charge on any atom is -0.352 e. The first-order valence-corrected chi connectivity index (χ1v) is 5.42. The first-order chi connectivity index (χ1) is 7.09. The Kier molecular flexibility index (Phi) is 4.39. The van der Waals surface area contributed by atoms with Crippen molar-refractivity contribution < 1.29 is 9.59 Å². The average molecular weight is 213 g/mol. The van der Waals surface area contributed by atoms with E-state index in [1.807, 2.05) is 0 Å². The average Bonchev–Trinajstić information content (AvgIpc) is 2.18. The van der Waals surface area contributed by atoms with Gasteiger partial charge in [0.2, 0.25) is 5.91 Å². The zero-order chi connectivity index (χ0) is 11.3. The van der Waals surface area contributed by atoms with E-state index >= 15 is 0 Å². The Morgan fingerprint density at radius 2 is 2.00 bits per heavy atom. The molecule has 0 aliphatic heterocycles. The molecular weight excluding hydrogens is 194 g/mol. The summed E-state index contributed by atoms with van der Waals surface area (Å²) in [6.45, 7) is 2.12. The van der Waals surface area contributed by atoms with Crippen molar-refractivity contribution in [3.05, 3.63) is 0 Å². The van der Waals surface area contributed by atoms with Crippen LogP contribution in [0.15, 0.2) is 0 Å². The third kappa shape index (κ3) is 4.18. The van der Waals surface area contributed by atoms with E-state index in [0.717, 1.165) is 12.8 Å². The summed E-state index contributed by atoms with van der Waals surface area (Å²) in [6.07, 6.45) is 4.60. The fraction of sp³-hybridized carbons (Fsp3) is 0.800. The first-order valence-electron chi connectivity index (χ1n) is 5.42. The highest BCUT2D eigenvalue weighted by atomic mass is 16.2. The predicted molar refractivity (Wildman–Crippen MR) is 57.1 cm³/mol. The monoisotopic (exact) mass is 213 g/mol. The van der Waals surface area contributed by atoms with Crippen molar-refractivity contribution in [3.8, 4) is 0 Å². The van der Waals surface area contributed by atoms with Gasteiger partial charge in [0.1, 0.15) is 0 Å². The van der Waals surface area contributed by atoms with E-state index in [4.69, 9.17) is 5.73 Å². The standard InChI is InChI=1S/C10H19N3O2/c1-7-4-2-3-5-8(7)13-9(14)6-12-10(11)15/h7-8H,2-6H2,1H3,(H,13,14)(H3,11,12,15)/t7-,8-/m0/s1. The molecule has 0 unspecified atom stereocenters. The molecular formula is C10H19N3O2. The Labute approximate surface area is 89.8 Å². The zero-order valence-electron chi connectivity index (χ0n) is 9.08. The molecule has 0 radical (unpaired) electrons. The Morgan fingerprint density at radius 3 is 2.60 bits per heavy atom. The smallest absolute Gasteiger partial charge is 0.312 e. The van der Waals surface area contributed by atoms with Crippen LogP contribution in [0.5, 0.6) is 0 Å². The topological polar surface area (TPSA) is 84.2 Å². The minimum absolute atomic E-state index is 0.0292. The van der Waals surface area contributed by atoms with Gasteiger partial charge in [-0.1, -0.05) is 19.8 Å². The number of primary amides is 1. The van der Waals surface area contributed by atoms with Gasteiger partial charge >= 0.3 is 6.03 Å². The number of rotatable bonds is 3. The maximum absolute atomic E-state index is 11.4. The molecule has 1 aliphatic rings. The molecule has 0 aromatic carbocycles. The van der Waals surface area contributed by atoms with E-state index in [0.29, 0.717) is 5.92 Å². The van der Waals surface area contributed by atoms with E-state index in [1.165, 1.54) is 12.8 Å². The fourth-order valence-electron chi connectivity index (χ4n) is 1.96. The second-order valence-electron chi connectivity index (χ2n) is 4.15. The summed E-state index contributed by atoms with van der Waals surface area (Å²) in [5.41, 5.74) is 4.87. The van der Waals surface area contributed by atoms with Crippen molar-refractivity contribution >= 4 is 11.9 Å². The molecule has 0 spiro atoms. The van der Waals surface area contributed by atoms with Crippen LogP contribution in [0.3, 0.4) is 0 Å². The highest BCUT2D eigenvalue weighted by Crippen LogP contribution is 2.23. The summed E-state index contributed by atoms with van der Waals surface area (Å²) in [7, 11) is 0. The minimum atomic E-state index is -0.665. The lowest BCUT2D eigenvalue weighted by molar-refractivity contribution is -0.121. The molecule has 5 heteroatoms. The van der Waals surface area contributed by atoms with Gasteiger partial charge < -0.3 is 16.4 Å². The maximum Gasteiger partial charge on any atom is 0.312 e. The molecule has 0 aromatic heterocycles. The quantitative estimate of drug-likeness (QED) is 0.632. The van der Waals surface area contributed by atoms with Gasteiger partial charge in [-0.3, -0.25) is 4.79 Å². The highest BCUT2D eigenvalue weighted by molar-refractivity contribution is 5.83. The van der Waals surface area contributed by atoms with Gasteiger partial charge in [-0.05, 0) is 18.8 Å². The van der Waals surface area contributed by atoms with E-state index in [1.54, 1.807) is 0 Å². The van der Waals surface area contributed by atoms with Gasteiger partial charge in [0, 0.05) is 6.04 Å². The largest absolute Gasteiger partial charge is 0.352 e. The van der Waals surface area contributed by atoms with E-state index < -0.39 is 6.03 Å². The Hall–Kier alpha value is -1.26. The Morgan fingerprint density at radius 1 is 1.33 bits per heavy atom. The Balaban J connectivity index is 2.26. The van der Waals surface area contributed by atoms with Crippen LogP contribution in [0.1, 0.15) is 32.6 Å². The first kappa shape index (κ1) is 11.8. The summed E-state index contributed by atoms with van der Waals surface area (Å²) >= 11 is 0. The number of amides is 3. The molecule has 3 amide bonds. The van der Waals surface area contributed by atoms with Crippen molar-refractivity contribution in [2.45, 2.75) is 38.6 Å². The van der Waals surface area contributed by atoms with Crippen LogP contribution in [-0.2, 0) is 4.79 Å². The SMILES string of the molecule is C[C@H]1CCCC[C@@H]1NC(=O)CNC(N)=O. The third-order valence-electron chi connectivity index (χ3n) is 2.88. The normalized spacial score (nSPS) is 25.7. The molecule has 0 bridgehead atoms. The molecule has 5 nitrogen and oxygen atoms in total. The van der Waals surface area contributed by atoms with Crippen molar-refractivity contribution in [2.75, 3.05) is 6.54 Å². The van der Waals surface area contributed by atoms with Crippen LogP contribution in [0.25, 0.3) is 0 Å². The lowest BCUT2D eigenvalue weighted by Crippen LogP contribution is -2.46. The fourth-order valence-corrected chi connectivity index (χ4v) is 1.96. The summed E-state index contributed by atoms with van der Waals surface area (Å²) < 4.78 is 0. The van der Waals surface area contributed by atoms with Gasteiger partial charge in [-0.15, -0.1) is 0 Å². The van der Waals surface area contributed by atoms with Crippen molar-refractivity contribution in [1.82, 2.24) is 10.6 Å². The van der Waals surface area contributed by atoms with Crippen LogP contribution < -0.4 is 16.4 Å². The molecule has 0 heterocycles. The Bertz CT molecular complexity index is 243. The third-order valence-corrected chi connectivity index (χ3v) is 2.88. The van der Waals surface area contributed by atoms with Crippen LogP contribution in [0.4, 0.5) is 4.79 Å². The molecule has 1 fully saturated rings. The zero-order valence-corrected chi connectivity index (χ0v) is 9.08. The highest BCUT2D eigenvalue weighted by Gasteiger charge is 2.22. The summed E-state index contributed by atoms with van der Waals surface area (Å²) in [6, 6.07) is -0.414. The molecule has 0 aromatic rings. The molecule has 86 valence electrons. The second-order valence-corrected chi connectivity index (χ2v) is 4.15. The van der Waals surface area contributed by atoms with Crippen molar-refractivity contribution in [1.29, 1.82) is 0 Å². The number of nitrogens with two attached hydrogens (primary N) is 1. The maximum atomic E-state index is 11.4. The number of hydrogen-bond donors (Lipinski definition) is 3. The van der Waals surface area contributed by atoms with E-state index in [-0.39, 0.29) is 18.5 Å². The molecule has 1 saturated carbocycles. The van der Waals surface area contributed by atoms with Crippen molar-refractivity contribution in [3.63, 3.8) is 0 Å². The lowest BCUT2D eigenvalue weighted by atomic mass is 9.86. The summed E-state index contributed by atoms with van der Waals surface area (Å²) in [4.78, 5) is 21.8. The number of urea groups is 1. The van der Waals surface area contributed by atoms with E-state index in [9.17, 15) is 9.59 Å². The van der Waals surface area contributed by atoms with Crippen LogP contribution >= 0.6 is 0 Å². The number of carbonyl (C=O) groups is 2. The van der Waals surface area contributed by atoms with Crippen LogP contribution in [0.2, 0.25) is 0 Å². The van der Waals surface area contributed by atoms with Crippen LogP contribution in [0, 0.1) is 5.92 Å². The lowest BCUT2D eigenvalue weighted by Gasteiger charge is -2.29.